The van der Waals surface area contributed by atoms with Crippen molar-refractivity contribution in [3.05, 3.63) is 17.0 Å². The summed E-state index contributed by atoms with van der Waals surface area (Å²) in [6, 6.07) is 0. The molecule has 0 aromatic carbocycles. The summed E-state index contributed by atoms with van der Waals surface area (Å²) < 4.78 is 0. The van der Waals surface area contributed by atoms with E-state index in [0.717, 1.165) is 48.8 Å². The van der Waals surface area contributed by atoms with Crippen LogP contribution in [0.15, 0.2) is 0 Å². The Morgan fingerprint density at radius 1 is 1.39 bits per heavy atom. The quantitative estimate of drug-likeness (QED) is 0.876. The van der Waals surface area contributed by atoms with Crippen molar-refractivity contribution in [2.45, 2.75) is 46.5 Å². The SMILES string of the molecule is CCC1CCCN(C(=O)c2c(C)n[nH]c2C)CC1. The molecule has 2 rings (SSSR count). The first-order valence-electron chi connectivity index (χ1n) is 6.94. The Hall–Kier alpha value is -1.32. The van der Waals surface area contributed by atoms with Gasteiger partial charge in [0, 0.05) is 18.8 Å². The lowest BCUT2D eigenvalue weighted by Crippen LogP contribution is -2.32. The summed E-state index contributed by atoms with van der Waals surface area (Å²) in [6.45, 7) is 7.83. The molecule has 4 heteroatoms. The molecule has 2 heterocycles. The molecular weight excluding hydrogens is 226 g/mol. The van der Waals surface area contributed by atoms with Crippen molar-refractivity contribution in [2.75, 3.05) is 13.1 Å². The molecule has 1 aliphatic rings. The minimum Gasteiger partial charge on any atom is -0.339 e. The van der Waals surface area contributed by atoms with Gasteiger partial charge in [-0.3, -0.25) is 9.89 Å². The van der Waals surface area contributed by atoms with E-state index in [-0.39, 0.29) is 5.91 Å². The highest BCUT2D eigenvalue weighted by atomic mass is 16.2. The monoisotopic (exact) mass is 249 g/mol. The van der Waals surface area contributed by atoms with Crippen LogP contribution in [0.25, 0.3) is 0 Å². The second-order valence-corrected chi connectivity index (χ2v) is 5.31. The molecule has 1 unspecified atom stereocenters. The summed E-state index contributed by atoms with van der Waals surface area (Å²) >= 11 is 0. The average Bonchev–Trinajstić information content (AvgIpc) is 2.58. The Kier molecular flexibility index (Phi) is 4.04. The number of aromatic amines is 1. The van der Waals surface area contributed by atoms with E-state index in [2.05, 4.69) is 17.1 Å². The summed E-state index contributed by atoms with van der Waals surface area (Å²) in [5.74, 6) is 0.935. The lowest BCUT2D eigenvalue weighted by molar-refractivity contribution is 0.0758. The van der Waals surface area contributed by atoms with Crippen molar-refractivity contribution in [3.63, 3.8) is 0 Å². The fourth-order valence-electron chi connectivity index (χ4n) is 2.80. The van der Waals surface area contributed by atoms with Crippen LogP contribution in [0.5, 0.6) is 0 Å². The van der Waals surface area contributed by atoms with Crippen LogP contribution in [0.1, 0.15) is 54.4 Å². The molecule has 1 aliphatic heterocycles. The third kappa shape index (κ3) is 2.57. The molecule has 1 fully saturated rings. The zero-order valence-corrected chi connectivity index (χ0v) is 11.6. The van der Waals surface area contributed by atoms with E-state index < -0.39 is 0 Å². The number of aryl methyl sites for hydroxylation is 2. The van der Waals surface area contributed by atoms with E-state index >= 15 is 0 Å². The van der Waals surface area contributed by atoms with Gasteiger partial charge in [-0.15, -0.1) is 0 Å². The molecular formula is C14H23N3O. The molecule has 0 aliphatic carbocycles. The number of aromatic nitrogens is 2. The van der Waals surface area contributed by atoms with E-state index in [0.29, 0.717) is 0 Å². The minimum atomic E-state index is 0.149. The molecule has 1 saturated heterocycles. The summed E-state index contributed by atoms with van der Waals surface area (Å²) in [5, 5.41) is 7.01. The molecule has 0 radical (unpaired) electrons. The van der Waals surface area contributed by atoms with Gasteiger partial charge >= 0.3 is 0 Å². The van der Waals surface area contributed by atoms with Gasteiger partial charge in [0.15, 0.2) is 0 Å². The first kappa shape index (κ1) is 13.1. The molecule has 4 nitrogen and oxygen atoms in total. The van der Waals surface area contributed by atoms with Crippen molar-refractivity contribution in [1.29, 1.82) is 0 Å². The average molecular weight is 249 g/mol. The van der Waals surface area contributed by atoms with Crippen LogP contribution >= 0.6 is 0 Å². The Balaban J connectivity index is 2.10. The van der Waals surface area contributed by atoms with Gasteiger partial charge in [-0.05, 0) is 39.0 Å². The predicted molar refractivity (Wildman–Crippen MR) is 71.6 cm³/mol. The maximum Gasteiger partial charge on any atom is 0.257 e. The number of rotatable bonds is 2. The maximum atomic E-state index is 12.5. The molecule has 0 spiro atoms. The lowest BCUT2D eigenvalue weighted by Gasteiger charge is -2.20. The van der Waals surface area contributed by atoms with Crippen LogP contribution in [0.4, 0.5) is 0 Å². The normalized spacial score (nSPS) is 20.8. The standard InChI is InChI=1S/C14H23N3O/c1-4-12-6-5-8-17(9-7-12)14(18)13-10(2)15-16-11(13)3/h12H,4-9H2,1-3H3,(H,15,16). The number of nitrogens with one attached hydrogen (secondary N) is 1. The van der Waals surface area contributed by atoms with Crippen molar-refractivity contribution < 1.29 is 4.79 Å². The van der Waals surface area contributed by atoms with Gasteiger partial charge in [-0.25, -0.2) is 0 Å². The highest BCUT2D eigenvalue weighted by Crippen LogP contribution is 2.22. The molecule has 0 saturated carbocycles. The van der Waals surface area contributed by atoms with E-state index in [4.69, 9.17) is 0 Å². The summed E-state index contributed by atoms with van der Waals surface area (Å²) in [6.07, 6.45) is 4.74. The summed E-state index contributed by atoms with van der Waals surface area (Å²) in [5.41, 5.74) is 2.47. The largest absolute Gasteiger partial charge is 0.339 e. The zero-order chi connectivity index (χ0) is 13.1. The predicted octanol–water partition coefficient (Wildman–Crippen LogP) is 2.68. The second-order valence-electron chi connectivity index (χ2n) is 5.31. The van der Waals surface area contributed by atoms with E-state index in [1.165, 1.54) is 12.8 Å². The smallest absolute Gasteiger partial charge is 0.257 e. The number of amides is 1. The highest BCUT2D eigenvalue weighted by molar-refractivity contribution is 5.96. The highest BCUT2D eigenvalue weighted by Gasteiger charge is 2.24. The number of carbonyl (C=O) groups excluding carboxylic acids is 1. The zero-order valence-electron chi connectivity index (χ0n) is 11.6. The number of nitrogens with zero attached hydrogens (tertiary/aromatic N) is 2. The number of H-pyrrole nitrogens is 1. The number of hydrogen-bond acceptors (Lipinski definition) is 2. The molecule has 100 valence electrons. The molecule has 1 atom stereocenters. The van der Waals surface area contributed by atoms with Crippen molar-refractivity contribution in [3.8, 4) is 0 Å². The summed E-state index contributed by atoms with van der Waals surface area (Å²) in [4.78, 5) is 14.5. The van der Waals surface area contributed by atoms with Gasteiger partial charge in [-0.1, -0.05) is 13.3 Å². The van der Waals surface area contributed by atoms with Crippen LogP contribution in [0.2, 0.25) is 0 Å². The van der Waals surface area contributed by atoms with Crippen LogP contribution in [0, 0.1) is 19.8 Å². The topological polar surface area (TPSA) is 49.0 Å². The fourth-order valence-corrected chi connectivity index (χ4v) is 2.80. The van der Waals surface area contributed by atoms with Crippen molar-refractivity contribution >= 4 is 5.91 Å². The molecule has 1 aromatic rings. The molecule has 1 aromatic heterocycles. The lowest BCUT2D eigenvalue weighted by atomic mass is 9.98. The van der Waals surface area contributed by atoms with Crippen LogP contribution in [0.3, 0.4) is 0 Å². The van der Waals surface area contributed by atoms with Crippen LogP contribution < -0.4 is 0 Å². The van der Waals surface area contributed by atoms with Gasteiger partial charge in [0.2, 0.25) is 0 Å². The van der Waals surface area contributed by atoms with Gasteiger partial charge in [0.1, 0.15) is 0 Å². The Morgan fingerprint density at radius 2 is 2.17 bits per heavy atom. The molecule has 0 bridgehead atoms. The van der Waals surface area contributed by atoms with Gasteiger partial charge < -0.3 is 4.90 Å². The third-order valence-corrected chi connectivity index (χ3v) is 4.05. The summed E-state index contributed by atoms with van der Waals surface area (Å²) in [7, 11) is 0. The first-order valence-corrected chi connectivity index (χ1v) is 6.94. The second kappa shape index (κ2) is 5.55. The third-order valence-electron chi connectivity index (χ3n) is 4.05. The Bertz CT molecular complexity index is 405. The fraction of sp³-hybridized carbons (Fsp3) is 0.714. The number of hydrogen-bond donors (Lipinski definition) is 1. The van der Waals surface area contributed by atoms with Gasteiger partial charge in [0.25, 0.3) is 5.91 Å². The Labute approximate surface area is 109 Å². The molecule has 1 amide bonds. The van der Waals surface area contributed by atoms with Crippen LogP contribution in [-0.2, 0) is 0 Å². The van der Waals surface area contributed by atoms with Crippen LogP contribution in [-0.4, -0.2) is 34.1 Å². The van der Waals surface area contributed by atoms with Crippen molar-refractivity contribution in [1.82, 2.24) is 15.1 Å². The number of likely N-dealkylation sites (tertiary alicyclic amines) is 1. The maximum absolute atomic E-state index is 12.5. The van der Waals surface area contributed by atoms with E-state index in [1.807, 2.05) is 18.7 Å². The number of carbonyl (C=O) groups is 1. The van der Waals surface area contributed by atoms with E-state index in [9.17, 15) is 4.79 Å². The molecule has 18 heavy (non-hydrogen) atoms. The van der Waals surface area contributed by atoms with E-state index in [1.54, 1.807) is 0 Å². The Morgan fingerprint density at radius 3 is 2.78 bits per heavy atom. The minimum absolute atomic E-state index is 0.149. The first-order chi connectivity index (χ1) is 8.63. The van der Waals surface area contributed by atoms with Gasteiger partial charge in [-0.2, -0.15) is 5.10 Å². The molecule has 1 N–H and O–H groups in total. The van der Waals surface area contributed by atoms with Gasteiger partial charge in [0.05, 0.1) is 11.3 Å². The van der Waals surface area contributed by atoms with Crippen molar-refractivity contribution in [2.24, 2.45) is 5.92 Å².